The van der Waals surface area contributed by atoms with Gasteiger partial charge in [-0.3, -0.25) is 4.90 Å². The number of allylic oxidation sites excluding steroid dienone is 1. The van der Waals surface area contributed by atoms with Crippen LogP contribution in [-0.4, -0.2) is 17.5 Å². The minimum atomic E-state index is 0.588. The first-order valence-electron chi connectivity index (χ1n) is 9.26. The standard InChI is InChI=1S/C22H31N/c1-6-15(3)12-19-17(5)10-11-23-14-21-16(4)8-9-18(7-2)20(21)13-22(19)23/h8-9,12,22H,6-7,10-11,13-14H2,1-5H3/b15-12+. The van der Waals surface area contributed by atoms with Gasteiger partial charge in [0.1, 0.15) is 0 Å². The van der Waals surface area contributed by atoms with Crippen LogP contribution in [0.5, 0.6) is 0 Å². The summed E-state index contributed by atoms with van der Waals surface area (Å²) >= 11 is 0. The molecule has 0 saturated heterocycles. The normalized spacial score (nSPS) is 22.1. The third kappa shape index (κ3) is 3.04. The molecule has 1 aromatic rings. The maximum atomic E-state index is 2.72. The molecule has 23 heavy (non-hydrogen) atoms. The molecule has 0 N–H and O–H groups in total. The van der Waals surface area contributed by atoms with Gasteiger partial charge in [0.25, 0.3) is 0 Å². The van der Waals surface area contributed by atoms with Crippen LogP contribution in [0.3, 0.4) is 0 Å². The lowest BCUT2D eigenvalue weighted by Crippen LogP contribution is -2.45. The number of fused-ring (bicyclic) bond motifs is 2. The Morgan fingerprint density at radius 2 is 2.00 bits per heavy atom. The van der Waals surface area contributed by atoms with Crippen molar-refractivity contribution >= 4 is 0 Å². The van der Waals surface area contributed by atoms with Crippen LogP contribution in [-0.2, 0) is 19.4 Å². The summed E-state index contributed by atoms with van der Waals surface area (Å²) < 4.78 is 0. The van der Waals surface area contributed by atoms with Crippen molar-refractivity contribution in [2.45, 2.75) is 72.9 Å². The fourth-order valence-electron chi connectivity index (χ4n) is 4.17. The predicted molar refractivity (Wildman–Crippen MR) is 99.8 cm³/mol. The highest BCUT2D eigenvalue weighted by Crippen LogP contribution is 2.36. The highest BCUT2D eigenvalue weighted by molar-refractivity contribution is 5.46. The molecule has 1 aromatic carbocycles. The van der Waals surface area contributed by atoms with E-state index in [1.54, 1.807) is 27.8 Å². The van der Waals surface area contributed by atoms with Gasteiger partial charge in [0.15, 0.2) is 0 Å². The van der Waals surface area contributed by atoms with Crippen LogP contribution in [0.25, 0.3) is 0 Å². The molecule has 0 bridgehead atoms. The summed E-state index contributed by atoms with van der Waals surface area (Å²) in [7, 11) is 0. The molecule has 0 aliphatic carbocycles. The monoisotopic (exact) mass is 309 g/mol. The molecule has 2 aliphatic rings. The van der Waals surface area contributed by atoms with Crippen molar-refractivity contribution in [2.24, 2.45) is 0 Å². The molecule has 1 heteroatoms. The van der Waals surface area contributed by atoms with Crippen molar-refractivity contribution in [1.29, 1.82) is 0 Å². The quantitative estimate of drug-likeness (QED) is 0.726. The zero-order valence-electron chi connectivity index (χ0n) is 15.5. The van der Waals surface area contributed by atoms with Gasteiger partial charge in [0.05, 0.1) is 0 Å². The Hall–Kier alpha value is -1.34. The average Bonchev–Trinajstić information content (AvgIpc) is 2.56. The minimum absolute atomic E-state index is 0.588. The van der Waals surface area contributed by atoms with Crippen LogP contribution in [0.2, 0.25) is 0 Å². The molecule has 0 amide bonds. The molecule has 1 unspecified atom stereocenters. The first-order valence-corrected chi connectivity index (χ1v) is 9.26. The fraction of sp³-hybridized carbons (Fsp3) is 0.545. The molecule has 0 aromatic heterocycles. The Morgan fingerprint density at radius 3 is 2.70 bits per heavy atom. The predicted octanol–water partition coefficient (Wildman–Crippen LogP) is 5.36. The lowest BCUT2D eigenvalue weighted by atomic mass is 9.80. The number of hydrogen-bond acceptors (Lipinski definition) is 1. The molecule has 2 aliphatic heterocycles. The van der Waals surface area contributed by atoms with Crippen LogP contribution in [0.15, 0.2) is 34.9 Å². The summed E-state index contributed by atoms with van der Waals surface area (Å²) in [6.07, 6.45) is 7.21. The van der Waals surface area contributed by atoms with Gasteiger partial charge in [-0.25, -0.2) is 0 Å². The van der Waals surface area contributed by atoms with Crippen LogP contribution < -0.4 is 0 Å². The molecule has 0 saturated carbocycles. The lowest BCUT2D eigenvalue weighted by Gasteiger charge is -2.43. The van der Waals surface area contributed by atoms with E-state index in [2.05, 4.69) is 57.7 Å². The highest BCUT2D eigenvalue weighted by Gasteiger charge is 2.33. The largest absolute Gasteiger partial charge is 0.291 e. The Morgan fingerprint density at radius 1 is 1.22 bits per heavy atom. The van der Waals surface area contributed by atoms with Gasteiger partial charge in [-0.1, -0.05) is 43.2 Å². The van der Waals surface area contributed by atoms with Crippen molar-refractivity contribution in [3.05, 3.63) is 57.2 Å². The molecular weight excluding hydrogens is 278 g/mol. The lowest BCUT2D eigenvalue weighted by molar-refractivity contribution is 0.186. The molecule has 0 spiro atoms. The number of rotatable bonds is 3. The van der Waals surface area contributed by atoms with Crippen LogP contribution in [0.1, 0.15) is 62.8 Å². The second-order valence-electron chi connectivity index (χ2n) is 7.37. The summed E-state index contributed by atoms with van der Waals surface area (Å²) in [6.45, 7) is 13.8. The molecule has 1 nitrogen and oxygen atoms in total. The second-order valence-corrected chi connectivity index (χ2v) is 7.37. The molecule has 124 valence electrons. The third-order valence-electron chi connectivity index (χ3n) is 5.93. The summed E-state index contributed by atoms with van der Waals surface area (Å²) in [5.41, 5.74) is 11.0. The van der Waals surface area contributed by atoms with Gasteiger partial charge in [-0.15, -0.1) is 0 Å². The van der Waals surface area contributed by atoms with E-state index in [1.165, 1.54) is 30.5 Å². The van der Waals surface area contributed by atoms with Gasteiger partial charge >= 0.3 is 0 Å². The van der Waals surface area contributed by atoms with E-state index in [-0.39, 0.29) is 0 Å². The highest BCUT2D eigenvalue weighted by atomic mass is 15.2. The summed E-state index contributed by atoms with van der Waals surface area (Å²) in [5.74, 6) is 0. The second kappa shape index (κ2) is 6.65. The van der Waals surface area contributed by atoms with Gasteiger partial charge in [-0.05, 0) is 74.3 Å². The van der Waals surface area contributed by atoms with Gasteiger partial charge in [0, 0.05) is 19.1 Å². The molecular formula is C22H31N. The summed E-state index contributed by atoms with van der Waals surface area (Å²) in [4.78, 5) is 2.72. The molecule has 1 atom stereocenters. The maximum absolute atomic E-state index is 2.72. The summed E-state index contributed by atoms with van der Waals surface area (Å²) in [5, 5.41) is 0. The number of benzene rings is 1. The van der Waals surface area contributed by atoms with Crippen molar-refractivity contribution < 1.29 is 0 Å². The molecule has 2 heterocycles. The van der Waals surface area contributed by atoms with E-state index >= 15 is 0 Å². The van der Waals surface area contributed by atoms with E-state index in [0.717, 1.165) is 19.4 Å². The van der Waals surface area contributed by atoms with Crippen molar-refractivity contribution in [1.82, 2.24) is 4.90 Å². The number of nitrogens with zero attached hydrogens (tertiary/aromatic N) is 1. The zero-order chi connectivity index (χ0) is 16.6. The van der Waals surface area contributed by atoms with E-state index in [4.69, 9.17) is 0 Å². The molecule has 0 radical (unpaired) electrons. The molecule has 0 fully saturated rings. The van der Waals surface area contributed by atoms with Gasteiger partial charge in [-0.2, -0.15) is 0 Å². The van der Waals surface area contributed by atoms with Crippen LogP contribution in [0, 0.1) is 6.92 Å². The zero-order valence-corrected chi connectivity index (χ0v) is 15.5. The Labute approximate surface area is 142 Å². The van der Waals surface area contributed by atoms with Gasteiger partial charge < -0.3 is 0 Å². The topological polar surface area (TPSA) is 3.24 Å². The number of aryl methyl sites for hydroxylation is 2. The number of hydrogen-bond donors (Lipinski definition) is 0. The summed E-state index contributed by atoms with van der Waals surface area (Å²) in [6, 6.07) is 5.27. The van der Waals surface area contributed by atoms with Crippen molar-refractivity contribution in [2.75, 3.05) is 6.54 Å². The molecule has 3 rings (SSSR count). The maximum Gasteiger partial charge on any atom is 0.0391 e. The van der Waals surface area contributed by atoms with Crippen LogP contribution in [0.4, 0.5) is 0 Å². The average molecular weight is 309 g/mol. The van der Waals surface area contributed by atoms with Crippen molar-refractivity contribution in [3.8, 4) is 0 Å². The van der Waals surface area contributed by atoms with E-state index in [1.807, 2.05) is 0 Å². The van der Waals surface area contributed by atoms with E-state index in [0.29, 0.717) is 6.04 Å². The fourth-order valence-corrected chi connectivity index (χ4v) is 4.17. The first kappa shape index (κ1) is 16.5. The van der Waals surface area contributed by atoms with Gasteiger partial charge in [0.2, 0.25) is 0 Å². The van der Waals surface area contributed by atoms with Crippen LogP contribution >= 0.6 is 0 Å². The SMILES string of the molecule is CC/C(C)=C/C1=C(C)CCN2Cc3c(C)ccc(CC)c3CC12. The third-order valence-corrected chi connectivity index (χ3v) is 5.93. The minimum Gasteiger partial charge on any atom is -0.291 e. The Kier molecular flexibility index (Phi) is 4.77. The Balaban J connectivity index is 2.04. The Bertz CT molecular complexity index is 663. The van der Waals surface area contributed by atoms with Crippen molar-refractivity contribution in [3.63, 3.8) is 0 Å². The smallest absolute Gasteiger partial charge is 0.0391 e. The van der Waals surface area contributed by atoms with E-state index < -0.39 is 0 Å². The first-order chi connectivity index (χ1) is 11.0. The van der Waals surface area contributed by atoms with E-state index in [9.17, 15) is 0 Å².